The third-order valence-electron chi connectivity index (χ3n) is 3.62. The van der Waals surface area contributed by atoms with Gasteiger partial charge < -0.3 is 10.4 Å². The predicted molar refractivity (Wildman–Crippen MR) is 69.6 cm³/mol. The molecule has 5 nitrogen and oxygen atoms in total. The highest BCUT2D eigenvalue weighted by molar-refractivity contribution is 5.44. The molecule has 5 heteroatoms. The number of aryl methyl sites for hydroxylation is 1. The predicted octanol–water partition coefficient (Wildman–Crippen LogP) is 1.61. The number of anilines is 1. The summed E-state index contributed by atoms with van der Waals surface area (Å²) in [7, 11) is 0. The van der Waals surface area contributed by atoms with E-state index in [1.165, 1.54) is 0 Å². The van der Waals surface area contributed by atoms with Gasteiger partial charge in [0.1, 0.15) is 0 Å². The van der Waals surface area contributed by atoms with Crippen molar-refractivity contribution in [3.05, 3.63) is 23.9 Å². The first-order valence-electron chi connectivity index (χ1n) is 6.47. The van der Waals surface area contributed by atoms with E-state index in [2.05, 4.69) is 15.4 Å². The van der Waals surface area contributed by atoms with Gasteiger partial charge in [-0.1, -0.05) is 12.5 Å². The fourth-order valence-electron chi connectivity index (χ4n) is 2.54. The van der Waals surface area contributed by atoms with Crippen molar-refractivity contribution in [3.63, 3.8) is 0 Å². The van der Waals surface area contributed by atoms with Gasteiger partial charge in [0.15, 0.2) is 5.65 Å². The maximum Gasteiger partial charge on any atom is 0.243 e. The zero-order valence-electron chi connectivity index (χ0n) is 10.5. The maximum absolute atomic E-state index is 9.76. The minimum absolute atomic E-state index is 0.170. The second kappa shape index (κ2) is 4.57. The fourth-order valence-corrected chi connectivity index (χ4v) is 2.54. The van der Waals surface area contributed by atoms with Gasteiger partial charge in [0.25, 0.3) is 0 Å². The summed E-state index contributed by atoms with van der Waals surface area (Å²) in [4.78, 5) is 4.40. The number of aromatic nitrogens is 3. The Hall–Kier alpha value is -1.62. The highest BCUT2D eigenvalue weighted by atomic mass is 16.3. The number of aliphatic hydroxyl groups excluding tert-OH is 1. The summed E-state index contributed by atoms with van der Waals surface area (Å²) in [5.41, 5.74) is 2.00. The Labute approximate surface area is 106 Å². The van der Waals surface area contributed by atoms with Gasteiger partial charge >= 0.3 is 0 Å². The average molecular weight is 246 g/mol. The molecule has 1 fully saturated rings. The molecular weight excluding hydrogens is 228 g/mol. The van der Waals surface area contributed by atoms with Crippen LogP contribution < -0.4 is 5.32 Å². The van der Waals surface area contributed by atoms with Gasteiger partial charge in [-0.3, -0.25) is 0 Å². The van der Waals surface area contributed by atoms with Crippen LogP contribution in [0.1, 0.15) is 24.8 Å². The van der Waals surface area contributed by atoms with E-state index in [4.69, 9.17) is 0 Å². The molecule has 2 N–H and O–H groups in total. The normalized spacial score (nSPS) is 23.7. The minimum Gasteiger partial charge on any atom is -0.393 e. The Balaban J connectivity index is 1.71. The number of fused-ring (bicyclic) bond motifs is 1. The van der Waals surface area contributed by atoms with Crippen LogP contribution in [0.2, 0.25) is 0 Å². The van der Waals surface area contributed by atoms with Crippen molar-refractivity contribution in [2.75, 3.05) is 11.9 Å². The van der Waals surface area contributed by atoms with E-state index in [-0.39, 0.29) is 6.10 Å². The number of nitrogens with one attached hydrogen (secondary N) is 1. The molecule has 0 saturated heterocycles. The molecule has 2 aromatic rings. The van der Waals surface area contributed by atoms with Crippen molar-refractivity contribution in [1.29, 1.82) is 0 Å². The number of hydrogen-bond acceptors (Lipinski definition) is 4. The third-order valence-corrected chi connectivity index (χ3v) is 3.62. The molecule has 96 valence electrons. The molecular formula is C13H18N4O. The Morgan fingerprint density at radius 3 is 3.11 bits per heavy atom. The van der Waals surface area contributed by atoms with Crippen molar-refractivity contribution in [2.24, 2.45) is 5.92 Å². The molecule has 0 spiro atoms. The molecule has 0 bridgehead atoms. The van der Waals surface area contributed by atoms with Gasteiger partial charge in [0.2, 0.25) is 5.95 Å². The lowest BCUT2D eigenvalue weighted by atomic mass is 10.1. The first-order chi connectivity index (χ1) is 8.72. The molecule has 0 radical (unpaired) electrons. The van der Waals surface area contributed by atoms with Crippen LogP contribution in [-0.4, -0.2) is 32.4 Å². The lowest BCUT2D eigenvalue weighted by molar-refractivity contribution is 0.138. The standard InChI is InChI=1S/C13H18N4O/c1-9-5-6-12-15-13(16-17(12)8-9)14-7-10-3-2-4-11(10)18/h5-6,8,10-11,18H,2-4,7H2,1H3,(H,14,16). The van der Waals surface area contributed by atoms with Crippen LogP contribution in [0.4, 0.5) is 5.95 Å². The molecule has 0 amide bonds. The highest BCUT2D eigenvalue weighted by Gasteiger charge is 2.25. The van der Waals surface area contributed by atoms with E-state index in [1.54, 1.807) is 4.52 Å². The average Bonchev–Trinajstić information content (AvgIpc) is 2.92. The molecule has 2 heterocycles. The van der Waals surface area contributed by atoms with Crippen molar-refractivity contribution >= 4 is 11.6 Å². The minimum atomic E-state index is -0.170. The van der Waals surface area contributed by atoms with Gasteiger partial charge in [-0.2, -0.15) is 4.98 Å². The number of rotatable bonds is 3. The second-order valence-electron chi connectivity index (χ2n) is 5.08. The summed E-state index contributed by atoms with van der Waals surface area (Å²) in [5, 5.41) is 17.4. The van der Waals surface area contributed by atoms with Crippen LogP contribution >= 0.6 is 0 Å². The topological polar surface area (TPSA) is 62.5 Å². The van der Waals surface area contributed by atoms with E-state index in [0.717, 1.165) is 37.0 Å². The van der Waals surface area contributed by atoms with Gasteiger partial charge in [-0.25, -0.2) is 4.52 Å². The highest BCUT2D eigenvalue weighted by Crippen LogP contribution is 2.25. The first kappa shape index (κ1) is 11.5. The van der Waals surface area contributed by atoms with E-state index < -0.39 is 0 Å². The zero-order valence-corrected chi connectivity index (χ0v) is 10.5. The largest absolute Gasteiger partial charge is 0.393 e. The van der Waals surface area contributed by atoms with Crippen LogP contribution in [0.25, 0.3) is 5.65 Å². The molecule has 3 rings (SSSR count). The number of nitrogens with zero attached hydrogens (tertiary/aromatic N) is 3. The first-order valence-corrected chi connectivity index (χ1v) is 6.47. The van der Waals surface area contributed by atoms with Gasteiger partial charge in [0.05, 0.1) is 6.10 Å². The van der Waals surface area contributed by atoms with Gasteiger partial charge in [-0.15, -0.1) is 5.10 Å². The Morgan fingerprint density at radius 1 is 1.44 bits per heavy atom. The zero-order chi connectivity index (χ0) is 12.5. The van der Waals surface area contributed by atoms with Crippen molar-refractivity contribution in [3.8, 4) is 0 Å². The summed E-state index contributed by atoms with van der Waals surface area (Å²) < 4.78 is 1.78. The van der Waals surface area contributed by atoms with Gasteiger partial charge in [0, 0.05) is 18.7 Å². The Morgan fingerprint density at radius 2 is 2.33 bits per heavy atom. The van der Waals surface area contributed by atoms with Crippen LogP contribution in [0.15, 0.2) is 18.3 Å². The van der Waals surface area contributed by atoms with E-state index in [0.29, 0.717) is 11.9 Å². The fraction of sp³-hybridized carbons (Fsp3) is 0.538. The molecule has 2 unspecified atom stereocenters. The molecule has 0 aliphatic heterocycles. The molecule has 0 aromatic carbocycles. The lowest BCUT2D eigenvalue weighted by Crippen LogP contribution is -2.22. The molecule has 18 heavy (non-hydrogen) atoms. The van der Waals surface area contributed by atoms with Crippen LogP contribution in [0, 0.1) is 12.8 Å². The smallest absolute Gasteiger partial charge is 0.243 e. The number of hydrogen-bond donors (Lipinski definition) is 2. The SMILES string of the molecule is Cc1ccc2nc(NCC3CCCC3O)nn2c1. The van der Waals surface area contributed by atoms with E-state index >= 15 is 0 Å². The summed E-state index contributed by atoms with van der Waals surface area (Å²) in [6.45, 7) is 2.78. The van der Waals surface area contributed by atoms with E-state index in [1.807, 2.05) is 25.3 Å². The van der Waals surface area contributed by atoms with Crippen LogP contribution in [0.5, 0.6) is 0 Å². The third kappa shape index (κ3) is 2.18. The Kier molecular flexibility index (Phi) is 2.91. The number of pyridine rings is 1. The monoisotopic (exact) mass is 246 g/mol. The molecule has 1 aliphatic carbocycles. The lowest BCUT2D eigenvalue weighted by Gasteiger charge is -2.13. The number of aliphatic hydroxyl groups is 1. The van der Waals surface area contributed by atoms with Crippen LogP contribution in [0.3, 0.4) is 0 Å². The summed E-state index contributed by atoms with van der Waals surface area (Å²) in [6.07, 6.45) is 4.91. The summed E-state index contributed by atoms with van der Waals surface area (Å²) >= 11 is 0. The summed E-state index contributed by atoms with van der Waals surface area (Å²) in [6, 6.07) is 3.98. The molecule has 2 aromatic heterocycles. The molecule has 1 aliphatic rings. The second-order valence-corrected chi connectivity index (χ2v) is 5.08. The van der Waals surface area contributed by atoms with Gasteiger partial charge in [-0.05, 0) is 31.4 Å². The quantitative estimate of drug-likeness (QED) is 0.863. The van der Waals surface area contributed by atoms with Crippen molar-refractivity contribution in [2.45, 2.75) is 32.3 Å². The molecule has 2 atom stereocenters. The Bertz CT molecular complexity index is 551. The van der Waals surface area contributed by atoms with Crippen LogP contribution in [-0.2, 0) is 0 Å². The summed E-state index contributed by atoms with van der Waals surface area (Å²) in [5.74, 6) is 0.970. The maximum atomic E-state index is 9.76. The molecule has 1 saturated carbocycles. The van der Waals surface area contributed by atoms with E-state index in [9.17, 15) is 5.11 Å². The van der Waals surface area contributed by atoms with Crippen molar-refractivity contribution in [1.82, 2.24) is 14.6 Å². The van der Waals surface area contributed by atoms with Crippen molar-refractivity contribution < 1.29 is 5.11 Å².